The van der Waals surface area contributed by atoms with Crippen LogP contribution >= 0.6 is 23.2 Å². The molecule has 1 aliphatic rings. The highest BCUT2D eigenvalue weighted by molar-refractivity contribution is 6.32. The smallest absolute Gasteiger partial charge is 0.329 e. The van der Waals surface area contributed by atoms with Crippen molar-refractivity contribution >= 4 is 29.2 Å². The summed E-state index contributed by atoms with van der Waals surface area (Å²) in [6.45, 7) is 4.01. The molecule has 0 spiro atoms. The Morgan fingerprint density at radius 1 is 1.40 bits per heavy atom. The molecule has 0 N–H and O–H groups in total. The molecular formula is C13H16Cl2N2O3. The summed E-state index contributed by atoms with van der Waals surface area (Å²) in [5.74, 6) is -0.463. The molecule has 2 rings (SSSR count). The first kappa shape index (κ1) is 15.3. The van der Waals surface area contributed by atoms with Gasteiger partial charge in [0.1, 0.15) is 6.04 Å². The van der Waals surface area contributed by atoms with Crippen molar-refractivity contribution < 1.29 is 9.53 Å². The number of methoxy groups -OCH3 is 1. The Bertz CT molecular complexity index is 608. The van der Waals surface area contributed by atoms with Gasteiger partial charge in [-0.2, -0.15) is 0 Å². The molecule has 5 nitrogen and oxygen atoms in total. The average molecular weight is 319 g/mol. The number of ether oxygens (including phenoxy) is 1. The van der Waals surface area contributed by atoms with E-state index in [4.69, 9.17) is 27.9 Å². The number of carbonyl (C=O) groups is 1. The summed E-state index contributed by atoms with van der Waals surface area (Å²) in [5, 5.41) is -0.0413. The lowest BCUT2D eigenvalue weighted by molar-refractivity contribution is -0.144. The maximum absolute atomic E-state index is 12.3. The van der Waals surface area contributed by atoms with Crippen LogP contribution < -0.4 is 5.56 Å². The van der Waals surface area contributed by atoms with Crippen molar-refractivity contribution in [3.05, 3.63) is 26.4 Å². The summed E-state index contributed by atoms with van der Waals surface area (Å²) < 4.78 is 6.16. The summed E-state index contributed by atoms with van der Waals surface area (Å²) >= 11 is 12.0. The molecule has 0 saturated carbocycles. The first-order valence-electron chi connectivity index (χ1n) is 6.47. The topological polar surface area (TPSA) is 61.2 Å². The highest BCUT2D eigenvalue weighted by Crippen LogP contribution is 2.47. The third-order valence-corrected chi connectivity index (χ3v) is 4.76. The van der Waals surface area contributed by atoms with Gasteiger partial charge in [-0.05, 0) is 19.3 Å². The van der Waals surface area contributed by atoms with Crippen molar-refractivity contribution in [2.75, 3.05) is 7.11 Å². The number of rotatable bonds is 3. The van der Waals surface area contributed by atoms with E-state index in [1.54, 1.807) is 0 Å². The second kappa shape index (κ2) is 5.37. The minimum Gasteiger partial charge on any atom is -0.467 e. The Kier molecular flexibility index (Phi) is 4.12. The SMILES string of the molecule is CCC1(CC)C[C@@H](C(=O)OC)n2c1c(Cl)nc(Cl)c2=O. The van der Waals surface area contributed by atoms with E-state index in [0.29, 0.717) is 12.1 Å². The molecule has 0 aromatic carbocycles. The molecule has 0 radical (unpaired) electrons. The lowest BCUT2D eigenvalue weighted by Gasteiger charge is -2.26. The van der Waals surface area contributed by atoms with Crippen LogP contribution in [-0.2, 0) is 14.9 Å². The number of esters is 1. The van der Waals surface area contributed by atoms with E-state index in [2.05, 4.69) is 4.98 Å². The van der Waals surface area contributed by atoms with E-state index in [1.807, 2.05) is 13.8 Å². The molecule has 0 fully saturated rings. The second-order valence-corrected chi connectivity index (χ2v) is 5.66. The van der Waals surface area contributed by atoms with Crippen molar-refractivity contribution in [1.29, 1.82) is 0 Å². The molecule has 0 bridgehead atoms. The fourth-order valence-electron chi connectivity index (χ4n) is 3.02. The van der Waals surface area contributed by atoms with Gasteiger partial charge in [0.15, 0.2) is 10.3 Å². The fourth-order valence-corrected chi connectivity index (χ4v) is 3.61. The standard InChI is InChI=1S/C13H16Cl2N2O3/c1-4-13(5-2)6-7(12(19)20-3)17-8(13)9(14)16-10(15)11(17)18/h7H,4-6H2,1-3H3/t7-/m0/s1. The molecule has 0 aliphatic carbocycles. The van der Waals surface area contributed by atoms with Gasteiger partial charge < -0.3 is 4.74 Å². The van der Waals surface area contributed by atoms with E-state index in [0.717, 1.165) is 12.8 Å². The summed E-state index contributed by atoms with van der Waals surface area (Å²) in [7, 11) is 1.30. The van der Waals surface area contributed by atoms with Crippen LogP contribution in [-0.4, -0.2) is 22.6 Å². The van der Waals surface area contributed by atoms with Gasteiger partial charge in [0.05, 0.1) is 12.8 Å². The Balaban J connectivity index is 2.78. The number of aromatic nitrogens is 2. The van der Waals surface area contributed by atoms with Crippen LogP contribution in [0.2, 0.25) is 10.3 Å². The third kappa shape index (κ3) is 2.04. The van der Waals surface area contributed by atoms with Crippen LogP contribution in [0.3, 0.4) is 0 Å². The molecular weight excluding hydrogens is 303 g/mol. The lowest BCUT2D eigenvalue weighted by atomic mass is 9.77. The van der Waals surface area contributed by atoms with Gasteiger partial charge in [0.2, 0.25) is 0 Å². The van der Waals surface area contributed by atoms with Crippen molar-refractivity contribution in [3.8, 4) is 0 Å². The monoisotopic (exact) mass is 318 g/mol. The molecule has 1 aromatic rings. The summed E-state index contributed by atoms with van der Waals surface area (Å²) in [6.07, 6.45) is 1.97. The Hall–Kier alpha value is -1.07. The predicted molar refractivity (Wildman–Crippen MR) is 76.4 cm³/mol. The Morgan fingerprint density at radius 3 is 2.50 bits per heavy atom. The van der Waals surface area contributed by atoms with Crippen molar-refractivity contribution in [2.45, 2.75) is 44.6 Å². The number of carbonyl (C=O) groups excluding carboxylic acids is 1. The minimum atomic E-state index is -0.694. The van der Waals surface area contributed by atoms with Crippen molar-refractivity contribution in [2.24, 2.45) is 0 Å². The minimum absolute atomic E-state index is 0.185. The number of fused-ring (bicyclic) bond motifs is 1. The van der Waals surface area contributed by atoms with E-state index in [9.17, 15) is 9.59 Å². The first-order chi connectivity index (χ1) is 9.41. The third-order valence-electron chi connectivity index (χ3n) is 4.25. The molecule has 2 heterocycles. The van der Waals surface area contributed by atoms with E-state index >= 15 is 0 Å². The molecule has 7 heteroatoms. The zero-order valence-electron chi connectivity index (χ0n) is 11.6. The molecule has 1 aliphatic heterocycles. The van der Waals surface area contributed by atoms with Gasteiger partial charge in [-0.25, -0.2) is 9.78 Å². The van der Waals surface area contributed by atoms with Crippen LogP contribution in [0, 0.1) is 0 Å². The maximum atomic E-state index is 12.3. The Labute approximate surface area is 126 Å². The average Bonchev–Trinajstić information content (AvgIpc) is 2.80. The lowest BCUT2D eigenvalue weighted by Crippen LogP contribution is -2.30. The normalized spacial score (nSPS) is 19.8. The fraction of sp³-hybridized carbons (Fsp3) is 0.615. The van der Waals surface area contributed by atoms with Crippen LogP contribution in [0.25, 0.3) is 0 Å². The zero-order valence-corrected chi connectivity index (χ0v) is 13.1. The molecule has 0 unspecified atom stereocenters. The summed E-state index contributed by atoms with van der Waals surface area (Å²) in [5.41, 5.74) is -0.258. The van der Waals surface area contributed by atoms with Gasteiger partial charge >= 0.3 is 5.97 Å². The molecule has 1 aromatic heterocycles. The maximum Gasteiger partial charge on any atom is 0.329 e. The summed E-state index contributed by atoms with van der Waals surface area (Å²) in [6, 6.07) is -0.694. The quantitative estimate of drug-likeness (QED) is 0.804. The first-order valence-corrected chi connectivity index (χ1v) is 7.23. The van der Waals surface area contributed by atoms with E-state index in [-0.39, 0.29) is 15.7 Å². The van der Waals surface area contributed by atoms with Gasteiger partial charge in [0, 0.05) is 5.41 Å². The van der Waals surface area contributed by atoms with Crippen LogP contribution in [0.4, 0.5) is 0 Å². The Morgan fingerprint density at radius 2 is 2.00 bits per heavy atom. The van der Waals surface area contributed by atoms with E-state index in [1.165, 1.54) is 11.7 Å². The molecule has 0 amide bonds. The molecule has 1 atom stereocenters. The highest BCUT2D eigenvalue weighted by Gasteiger charge is 2.47. The number of hydrogen-bond donors (Lipinski definition) is 0. The van der Waals surface area contributed by atoms with Crippen LogP contribution in [0.15, 0.2) is 4.79 Å². The zero-order chi connectivity index (χ0) is 15.1. The largest absolute Gasteiger partial charge is 0.467 e. The molecule has 110 valence electrons. The van der Waals surface area contributed by atoms with Crippen molar-refractivity contribution in [3.63, 3.8) is 0 Å². The van der Waals surface area contributed by atoms with Crippen molar-refractivity contribution in [1.82, 2.24) is 9.55 Å². The summed E-state index contributed by atoms with van der Waals surface area (Å²) in [4.78, 5) is 28.1. The number of hydrogen-bond acceptors (Lipinski definition) is 4. The molecule has 0 saturated heterocycles. The highest BCUT2D eigenvalue weighted by atomic mass is 35.5. The van der Waals surface area contributed by atoms with Crippen LogP contribution in [0.5, 0.6) is 0 Å². The van der Waals surface area contributed by atoms with Gasteiger partial charge in [-0.3, -0.25) is 9.36 Å². The van der Waals surface area contributed by atoms with Gasteiger partial charge in [0.25, 0.3) is 5.56 Å². The number of nitrogens with zero attached hydrogens (tertiary/aromatic N) is 2. The van der Waals surface area contributed by atoms with Gasteiger partial charge in [-0.1, -0.05) is 37.0 Å². The molecule has 20 heavy (non-hydrogen) atoms. The van der Waals surface area contributed by atoms with Crippen LogP contribution in [0.1, 0.15) is 44.8 Å². The second-order valence-electron chi connectivity index (χ2n) is 4.95. The predicted octanol–water partition coefficient (Wildman–Crippen LogP) is 2.73. The van der Waals surface area contributed by atoms with Gasteiger partial charge in [-0.15, -0.1) is 0 Å². The number of halogens is 2. The van der Waals surface area contributed by atoms with E-state index < -0.39 is 17.6 Å².